The standard InChI is InChI=1S/C17H21NO5/c19-10-11-8-13-15(9-11)21-5-4-18(13)17(20)12-2-1-3-14-16(12)23-7-6-22-14/h1-3,11,13,15,19H,4-10H2/t11-,13+,15+/m1/s1. The van der Waals surface area contributed by atoms with Crippen LogP contribution >= 0.6 is 0 Å². The van der Waals surface area contributed by atoms with E-state index >= 15 is 0 Å². The number of aliphatic hydroxyl groups excluding tert-OH is 1. The van der Waals surface area contributed by atoms with Crippen molar-refractivity contribution in [2.75, 3.05) is 33.0 Å². The lowest BCUT2D eigenvalue weighted by Crippen LogP contribution is -2.51. The maximum Gasteiger partial charge on any atom is 0.258 e. The summed E-state index contributed by atoms with van der Waals surface area (Å²) in [5, 5.41) is 9.42. The van der Waals surface area contributed by atoms with Crippen LogP contribution in [0, 0.1) is 5.92 Å². The molecule has 1 aromatic rings. The van der Waals surface area contributed by atoms with Crippen LogP contribution in [0.1, 0.15) is 23.2 Å². The summed E-state index contributed by atoms with van der Waals surface area (Å²) in [6.07, 6.45) is 1.64. The normalized spacial score (nSPS) is 29.3. The quantitative estimate of drug-likeness (QED) is 0.883. The molecular weight excluding hydrogens is 298 g/mol. The molecule has 0 bridgehead atoms. The Morgan fingerprint density at radius 3 is 2.96 bits per heavy atom. The highest BCUT2D eigenvalue weighted by atomic mass is 16.6. The Labute approximate surface area is 134 Å². The Bertz CT molecular complexity index is 605. The summed E-state index contributed by atoms with van der Waals surface area (Å²) in [4.78, 5) is 15.0. The minimum atomic E-state index is -0.0377. The van der Waals surface area contributed by atoms with E-state index in [1.54, 1.807) is 6.07 Å². The largest absolute Gasteiger partial charge is 0.486 e. The third-order valence-electron chi connectivity index (χ3n) is 4.95. The van der Waals surface area contributed by atoms with Gasteiger partial charge in [0, 0.05) is 13.2 Å². The van der Waals surface area contributed by atoms with Crippen LogP contribution in [-0.2, 0) is 4.74 Å². The third kappa shape index (κ3) is 2.56. The van der Waals surface area contributed by atoms with E-state index in [9.17, 15) is 9.90 Å². The second-order valence-electron chi connectivity index (χ2n) is 6.32. The number of ether oxygens (including phenoxy) is 3. The molecule has 124 valence electrons. The fraction of sp³-hybridized carbons (Fsp3) is 0.588. The van der Waals surface area contributed by atoms with Crippen LogP contribution < -0.4 is 9.47 Å². The molecule has 2 heterocycles. The molecule has 1 aromatic carbocycles. The Kier molecular flexibility index (Phi) is 3.87. The van der Waals surface area contributed by atoms with Gasteiger partial charge in [0.15, 0.2) is 11.5 Å². The average Bonchev–Trinajstić information content (AvgIpc) is 3.04. The van der Waals surface area contributed by atoms with E-state index in [1.807, 2.05) is 17.0 Å². The summed E-state index contributed by atoms with van der Waals surface area (Å²) in [6, 6.07) is 5.47. The number of carbonyl (C=O) groups excluding carboxylic acids is 1. The molecule has 6 nitrogen and oxygen atoms in total. The van der Waals surface area contributed by atoms with E-state index in [0.717, 1.165) is 12.8 Å². The maximum absolute atomic E-state index is 13.1. The molecule has 0 aromatic heterocycles. The number of aliphatic hydroxyl groups is 1. The third-order valence-corrected chi connectivity index (χ3v) is 4.95. The molecule has 3 aliphatic rings. The molecule has 1 saturated heterocycles. The number of carbonyl (C=O) groups is 1. The van der Waals surface area contributed by atoms with Gasteiger partial charge in [0.2, 0.25) is 0 Å². The number of benzene rings is 1. The highest BCUT2D eigenvalue weighted by Crippen LogP contribution is 2.38. The van der Waals surface area contributed by atoms with E-state index < -0.39 is 0 Å². The van der Waals surface area contributed by atoms with Crippen LogP contribution in [0.15, 0.2) is 18.2 Å². The van der Waals surface area contributed by atoms with E-state index in [-0.39, 0.29) is 30.6 Å². The first-order valence-electron chi connectivity index (χ1n) is 8.20. The minimum Gasteiger partial charge on any atom is -0.486 e. The number of rotatable bonds is 2. The molecule has 0 spiro atoms. The first kappa shape index (κ1) is 14.8. The van der Waals surface area contributed by atoms with Gasteiger partial charge in [-0.1, -0.05) is 6.07 Å². The average molecular weight is 319 g/mol. The molecule has 0 unspecified atom stereocenters. The Morgan fingerprint density at radius 1 is 1.22 bits per heavy atom. The van der Waals surface area contributed by atoms with Gasteiger partial charge in [-0.15, -0.1) is 0 Å². The van der Waals surface area contributed by atoms with Crippen molar-refractivity contribution in [3.63, 3.8) is 0 Å². The van der Waals surface area contributed by atoms with E-state index in [0.29, 0.717) is 43.4 Å². The monoisotopic (exact) mass is 319 g/mol. The fourth-order valence-electron chi connectivity index (χ4n) is 3.85. The smallest absolute Gasteiger partial charge is 0.258 e. The van der Waals surface area contributed by atoms with Gasteiger partial charge in [0.25, 0.3) is 5.91 Å². The minimum absolute atomic E-state index is 0.0292. The molecule has 1 aliphatic carbocycles. The summed E-state index contributed by atoms with van der Waals surface area (Å²) in [5.74, 6) is 1.35. The van der Waals surface area contributed by atoms with Crippen molar-refractivity contribution < 1.29 is 24.1 Å². The van der Waals surface area contributed by atoms with Crippen molar-refractivity contribution in [2.45, 2.75) is 25.0 Å². The fourth-order valence-corrected chi connectivity index (χ4v) is 3.85. The van der Waals surface area contributed by atoms with E-state index in [2.05, 4.69) is 0 Å². The zero-order valence-corrected chi connectivity index (χ0v) is 12.9. The molecule has 2 aliphatic heterocycles. The van der Waals surface area contributed by atoms with Gasteiger partial charge in [-0.2, -0.15) is 0 Å². The van der Waals surface area contributed by atoms with Gasteiger partial charge in [-0.25, -0.2) is 0 Å². The number of para-hydroxylation sites is 1. The molecule has 1 N–H and O–H groups in total. The van der Waals surface area contributed by atoms with Gasteiger partial charge in [-0.3, -0.25) is 4.79 Å². The highest BCUT2D eigenvalue weighted by Gasteiger charge is 2.43. The van der Waals surface area contributed by atoms with Crippen molar-refractivity contribution in [3.05, 3.63) is 23.8 Å². The Balaban J connectivity index is 1.61. The number of morpholine rings is 1. The lowest BCUT2D eigenvalue weighted by Gasteiger charge is -2.38. The molecule has 3 atom stereocenters. The molecule has 2 fully saturated rings. The second-order valence-corrected chi connectivity index (χ2v) is 6.32. The predicted octanol–water partition coefficient (Wildman–Crippen LogP) is 1.07. The number of nitrogens with zero attached hydrogens (tertiary/aromatic N) is 1. The summed E-state index contributed by atoms with van der Waals surface area (Å²) in [6.45, 7) is 2.22. The van der Waals surface area contributed by atoms with Crippen LogP contribution in [0.2, 0.25) is 0 Å². The van der Waals surface area contributed by atoms with Crippen LogP contribution in [0.3, 0.4) is 0 Å². The van der Waals surface area contributed by atoms with Gasteiger partial charge >= 0.3 is 0 Å². The zero-order chi connectivity index (χ0) is 15.8. The summed E-state index contributed by atoms with van der Waals surface area (Å²) < 4.78 is 17.0. The molecular formula is C17H21NO5. The highest BCUT2D eigenvalue weighted by molar-refractivity contribution is 5.98. The van der Waals surface area contributed by atoms with Crippen LogP contribution in [0.4, 0.5) is 0 Å². The van der Waals surface area contributed by atoms with E-state index in [4.69, 9.17) is 14.2 Å². The lowest BCUT2D eigenvalue weighted by molar-refractivity contribution is -0.0450. The number of fused-ring (bicyclic) bond motifs is 2. The van der Waals surface area contributed by atoms with Gasteiger partial charge in [-0.05, 0) is 30.9 Å². The van der Waals surface area contributed by atoms with Crippen LogP contribution in [-0.4, -0.2) is 61.0 Å². The zero-order valence-electron chi connectivity index (χ0n) is 12.9. The Morgan fingerprint density at radius 2 is 2.09 bits per heavy atom. The topological polar surface area (TPSA) is 68.2 Å². The lowest BCUT2D eigenvalue weighted by atomic mass is 10.1. The molecule has 1 saturated carbocycles. The summed E-state index contributed by atoms with van der Waals surface area (Å²) in [7, 11) is 0. The van der Waals surface area contributed by atoms with Gasteiger partial charge in [0.05, 0.1) is 24.3 Å². The first-order chi connectivity index (χ1) is 11.3. The molecule has 6 heteroatoms. The SMILES string of the molecule is O=C(c1cccc2c1OCCO2)N1CCO[C@H]2C[C@H](CO)C[C@@H]21. The van der Waals surface area contributed by atoms with Crippen molar-refractivity contribution in [3.8, 4) is 11.5 Å². The molecule has 0 radical (unpaired) electrons. The Hall–Kier alpha value is -1.79. The summed E-state index contributed by atoms with van der Waals surface area (Å²) in [5.41, 5.74) is 0.551. The van der Waals surface area contributed by atoms with Crippen molar-refractivity contribution >= 4 is 5.91 Å². The number of hydrogen-bond acceptors (Lipinski definition) is 5. The van der Waals surface area contributed by atoms with Gasteiger partial charge in [0.1, 0.15) is 13.2 Å². The maximum atomic E-state index is 13.1. The summed E-state index contributed by atoms with van der Waals surface area (Å²) >= 11 is 0. The second kappa shape index (κ2) is 6.02. The van der Waals surface area contributed by atoms with Crippen molar-refractivity contribution in [2.24, 2.45) is 5.92 Å². The van der Waals surface area contributed by atoms with Crippen molar-refractivity contribution in [1.82, 2.24) is 4.90 Å². The van der Waals surface area contributed by atoms with Crippen molar-refractivity contribution in [1.29, 1.82) is 0 Å². The number of hydrogen-bond donors (Lipinski definition) is 1. The predicted molar refractivity (Wildman–Crippen MR) is 81.8 cm³/mol. The molecule has 1 amide bonds. The van der Waals surface area contributed by atoms with Crippen LogP contribution in [0.25, 0.3) is 0 Å². The van der Waals surface area contributed by atoms with E-state index in [1.165, 1.54) is 0 Å². The number of amides is 1. The molecule has 23 heavy (non-hydrogen) atoms. The van der Waals surface area contributed by atoms with Gasteiger partial charge < -0.3 is 24.2 Å². The molecule has 4 rings (SSSR count). The van der Waals surface area contributed by atoms with Crippen LogP contribution in [0.5, 0.6) is 11.5 Å². The first-order valence-corrected chi connectivity index (χ1v) is 8.20.